The van der Waals surface area contributed by atoms with Crippen molar-refractivity contribution in [3.63, 3.8) is 0 Å². The van der Waals surface area contributed by atoms with E-state index in [2.05, 4.69) is 41.5 Å². The summed E-state index contributed by atoms with van der Waals surface area (Å²) in [6.07, 6.45) is 11.6. The molecule has 0 aromatic heterocycles. The van der Waals surface area contributed by atoms with Crippen molar-refractivity contribution >= 4 is 0 Å². The maximum absolute atomic E-state index is 2.46. The Morgan fingerprint density at radius 1 is 1.00 bits per heavy atom. The van der Waals surface area contributed by atoms with Crippen LogP contribution in [0.3, 0.4) is 0 Å². The Balaban J connectivity index is 2.56. The topological polar surface area (TPSA) is 0 Å². The van der Waals surface area contributed by atoms with Crippen LogP contribution in [-0.4, -0.2) is 0 Å². The van der Waals surface area contributed by atoms with E-state index in [9.17, 15) is 0 Å². The normalized spacial score (nSPS) is 26.2. The van der Waals surface area contributed by atoms with Crippen molar-refractivity contribution in [3.05, 3.63) is 0 Å². The van der Waals surface area contributed by atoms with Crippen molar-refractivity contribution < 1.29 is 0 Å². The molecule has 0 aromatic rings. The lowest BCUT2D eigenvalue weighted by Crippen LogP contribution is -2.28. The average molecular weight is 267 g/mol. The molecule has 1 aliphatic rings. The van der Waals surface area contributed by atoms with Crippen LogP contribution in [-0.2, 0) is 0 Å². The molecular weight excluding hydrogens is 228 g/mol. The fourth-order valence-corrected chi connectivity index (χ4v) is 3.93. The van der Waals surface area contributed by atoms with Crippen LogP contribution in [0.1, 0.15) is 92.9 Å². The maximum atomic E-state index is 2.46. The SMILES string of the molecule is CCCCC(CCC1CC1C)C(CCC)C(C)(C)C. The van der Waals surface area contributed by atoms with E-state index < -0.39 is 0 Å². The lowest BCUT2D eigenvalue weighted by Gasteiger charge is -2.38. The monoisotopic (exact) mass is 266 g/mol. The fourth-order valence-electron chi connectivity index (χ4n) is 3.93. The Kier molecular flexibility index (Phi) is 6.91. The molecule has 0 saturated heterocycles. The zero-order valence-corrected chi connectivity index (χ0v) is 14.5. The molecule has 1 aliphatic carbocycles. The molecule has 1 rings (SSSR count). The van der Waals surface area contributed by atoms with Gasteiger partial charge in [-0.15, -0.1) is 0 Å². The highest BCUT2D eigenvalue weighted by Crippen LogP contribution is 2.45. The lowest BCUT2D eigenvalue weighted by molar-refractivity contribution is 0.125. The van der Waals surface area contributed by atoms with Crippen LogP contribution >= 0.6 is 0 Å². The summed E-state index contributed by atoms with van der Waals surface area (Å²) in [4.78, 5) is 0. The molecular formula is C19H38. The first-order chi connectivity index (χ1) is 8.90. The molecule has 1 saturated carbocycles. The summed E-state index contributed by atoms with van der Waals surface area (Å²) >= 11 is 0. The molecule has 0 bridgehead atoms. The minimum atomic E-state index is 0.490. The third-order valence-electron chi connectivity index (χ3n) is 5.39. The zero-order valence-electron chi connectivity index (χ0n) is 14.5. The molecule has 0 heteroatoms. The van der Waals surface area contributed by atoms with Gasteiger partial charge in [-0.3, -0.25) is 0 Å². The molecule has 1 fully saturated rings. The minimum absolute atomic E-state index is 0.490. The molecule has 4 unspecified atom stereocenters. The Labute approximate surface area is 122 Å². The highest BCUT2D eigenvalue weighted by atomic mass is 14.4. The number of unbranched alkanes of at least 4 members (excludes halogenated alkanes) is 1. The maximum Gasteiger partial charge on any atom is -0.0337 e. The summed E-state index contributed by atoms with van der Waals surface area (Å²) in [5, 5.41) is 0. The lowest BCUT2D eigenvalue weighted by atomic mass is 9.68. The van der Waals surface area contributed by atoms with E-state index in [1.54, 1.807) is 0 Å². The van der Waals surface area contributed by atoms with E-state index in [0.717, 1.165) is 23.7 Å². The summed E-state index contributed by atoms with van der Waals surface area (Å²) < 4.78 is 0. The molecule has 0 nitrogen and oxygen atoms in total. The van der Waals surface area contributed by atoms with Gasteiger partial charge in [-0.25, -0.2) is 0 Å². The highest BCUT2D eigenvalue weighted by molar-refractivity contribution is 4.86. The van der Waals surface area contributed by atoms with E-state index >= 15 is 0 Å². The zero-order chi connectivity index (χ0) is 14.5. The molecule has 0 heterocycles. The minimum Gasteiger partial charge on any atom is -0.0654 e. The molecule has 19 heavy (non-hydrogen) atoms. The second kappa shape index (κ2) is 7.70. The van der Waals surface area contributed by atoms with E-state index in [0.29, 0.717) is 5.41 Å². The third kappa shape index (κ3) is 5.88. The van der Waals surface area contributed by atoms with Gasteiger partial charge in [0.15, 0.2) is 0 Å². The first kappa shape index (κ1) is 17.1. The van der Waals surface area contributed by atoms with Gasteiger partial charge >= 0.3 is 0 Å². The van der Waals surface area contributed by atoms with Crippen molar-refractivity contribution in [2.45, 2.75) is 92.9 Å². The van der Waals surface area contributed by atoms with Gasteiger partial charge in [0.2, 0.25) is 0 Å². The Morgan fingerprint density at radius 2 is 1.63 bits per heavy atom. The van der Waals surface area contributed by atoms with Crippen LogP contribution < -0.4 is 0 Å². The summed E-state index contributed by atoms with van der Waals surface area (Å²) in [5.74, 6) is 4.02. The quantitative estimate of drug-likeness (QED) is 0.436. The Morgan fingerprint density at radius 3 is 2.05 bits per heavy atom. The number of hydrogen-bond acceptors (Lipinski definition) is 0. The van der Waals surface area contributed by atoms with Crippen LogP contribution in [0.2, 0.25) is 0 Å². The van der Waals surface area contributed by atoms with Crippen LogP contribution in [0.4, 0.5) is 0 Å². The molecule has 0 aromatic carbocycles. The fraction of sp³-hybridized carbons (Fsp3) is 1.00. The summed E-state index contributed by atoms with van der Waals surface area (Å²) in [6, 6.07) is 0. The number of rotatable bonds is 9. The Bertz CT molecular complexity index is 235. The molecule has 4 atom stereocenters. The summed E-state index contributed by atoms with van der Waals surface area (Å²) in [7, 11) is 0. The van der Waals surface area contributed by atoms with Crippen molar-refractivity contribution in [3.8, 4) is 0 Å². The van der Waals surface area contributed by atoms with Crippen molar-refractivity contribution in [2.24, 2.45) is 29.1 Å². The van der Waals surface area contributed by atoms with Crippen molar-refractivity contribution in [2.75, 3.05) is 0 Å². The van der Waals surface area contributed by atoms with Gasteiger partial charge in [0.1, 0.15) is 0 Å². The van der Waals surface area contributed by atoms with E-state index in [4.69, 9.17) is 0 Å². The van der Waals surface area contributed by atoms with Crippen LogP contribution in [0.15, 0.2) is 0 Å². The Hall–Kier alpha value is 0. The van der Waals surface area contributed by atoms with Gasteiger partial charge in [-0.05, 0) is 54.8 Å². The van der Waals surface area contributed by atoms with E-state index in [-0.39, 0.29) is 0 Å². The second-order valence-corrected chi connectivity index (χ2v) is 8.21. The van der Waals surface area contributed by atoms with Crippen LogP contribution in [0.25, 0.3) is 0 Å². The summed E-state index contributed by atoms with van der Waals surface area (Å²) in [6.45, 7) is 14.5. The smallest absolute Gasteiger partial charge is 0.0337 e. The number of hydrogen-bond donors (Lipinski definition) is 0. The van der Waals surface area contributed by atoms with Crippen LogP contribution in [0.5, 0.6) is 0 Å². The van der Waals surface area contributed by atoms with Gasteiger partial charge in [-0.2, -0.15) is 0 Å². The highest BCUT2D eigenvalue weighted by Gasteiger charge is 2.35. The average Bonchev–Trinajstić information content (AvgIpc) is 3.02. The van der Waals surface area contributed by atoms with E-state index in [1.165, 1.54) is 51.4 Å². The molecule has 0 amide bonds. The van der Waals surface area contributed by atoms with Gasteiger partial charge in [0, 0.05) is 0 Å². The van der Waals surface area contributed by atoms with Crippen molar-refractivity contribution in [1.29, 1.82) is 0 Å². The van der Waals surface area contributed by atoms with Crippen LogP contribution in [0, 0.1) is 29.1 Å². The third-order valence-corrected chi connectivity index (χ3v) is 5.39. The van der Waals surface area contributed by atoms with E-state index in [1.807, 2.05) is 0 Å². The molecule has 0 aliphatic heterocycles. The van der Waals surface area contributed by atoms with Gasteiger partial charge < -0.3 is 0 Å². The first-order valence-corrected chi connectivity index (χ1v) is 8.90. The predicted molar refractivity (Wildman–Crippen MR) is 87.4 cm³/mol. The second-order valence-electron chi connectivity index (χ2n) is 8.21. The van der Waals surface area contributed by atoms with Gasteiger partial charge in [-0.1, -0.05) is 67.2 Å². The first-order valence-electron chi connectivity index (χ1n) is 8.90. The largest absolute Gasteiger partial charge is 0.0654 e. The molecule has 114 valence electrons. The molecule has 0 spiro atoms. The molecule has 0 N–H and O–H groups in total. The standard InChI is InChI=1S/C19H38/c1-7-9-11-16(12-13-17-14-15(17)3)18(10-8-2)19(4,5)6/h15-18H,7-14H2,1-6H3. The predicted octanol–water partition coefficient (Wildman–Crippen LogP) is 6.69. The van der Waals surface area contributed by atoms with Gasteiger partial charge in [0.25, 0.3) is 0 Å². The van der Waals surface area contributed by atoms with Crippen molar-refractivity contribution in [1.82, 2.24) is 0 Å². The summed E-state index contributed by atoms with van der Waals surface area (Å²) in [5.41, 5.74) is 0.490. The van der Waals surface area contributed by atoms with Gasteiger partial charge in [0.05, 0.1) is 0 Å². The molecule has 0 radical (unpaired) electrons.